The molecule has 1 aliphatic heterocycles. The molecule has 2 aromatic carbocycles. The van der Waals surface area contributed by atoms with Crippen molar-refractivity contribution in [1.29, 1.82) is 0 Å². The topological polar surface area (TPSA) is 47.6 Å². The quantitative estimate of drug-likeness (QED) is 0.764. The van der Waals surface area contributed by atoms with Crippen LogP contribution in [-0.4, -0.2) is 24.9 Å². The van der Waals surface area contributed by atoms with Crippen LogP contribution >= 0.6 is 23.4 Å². The lowest BCUT2D eigenvalue weighted by Crippen LogP contribution is -2.17. The molecule has 0 radical (unpaired) electrons. The molecule has 25 heavy (non-hydrogen) atoms. The first-order valence-corrected chi connectivity index (χ1v) is 8.70. The highest BCUT2D eigenvalue weighted by atomic mass is 35.5. The lowest BCUT2D eigenvalue weighted by atomic mass is 10.1. The highest BCUT2D eigenvalue weighted by molar-refractivity contribution is 7.99. The van der Waals surface area contributed by atoms with E-state index >= 15 is 0 Å². The Hall–Kier alpha value is -1.99. The van der Waals surface area contributed by atoms with Gasteiger partial charge in [0.15, 0.2) is 11.5 Å². The van der Waals surface area contributed by atoms with E-state index in [1.165, 1.54) is 12.1 Å². The maximum absolute atomic E-state index is 12.7. The first-order chi connectivity index (χ1) is 12.0. The number of carbonyl (C=O) groups excluding carboxylic acids is 1. The molecule has 0 saturated carbocycles. The predicted octanol–water partition coefficient (Wildman–Crippen LogP) is 4.61. The fourth-order valence-corrected chi connectivity index (χ4v) is 3.31. The van der Waals surface area contributed by atoms with Gasteiger partial charge in [0, 0.05) is 0 Å². The van der Waals surface area contributed by atoms with Gasteiger partial charge in [0.2, 0.25) is 5.91 Å². The summed E-state index contributed by atoms with van der Waals surface area (Å²) in [5, 5.41) is 2.80. The fraction of sp³-hybridized carbons (Fsp3) is 0.235. The molecular formula is C17H14ClF2NO3S. The number of anilines is 1. The van der Waals surface area contributed by atoms with E-state index in [1.54, 1.807) is 24.3 Å². The molecule has 0 aromatic heterocycles. The molecule has 132 valence electrons. The lowest BCUT2D eigenvalue weighted by Gasteiger charge is -2.19. The van der Waals surface area contributed by atoms with Gasteiger partial charge in [0.25, 0.3) is 5.76 Å². The van der Waals surface area contributed by atoms with E-state index in [1.807, 2.05) is 0 Å². The van der Waals surface area contributed by atoms with Crippen molar-refractivity contribution < 1.29 is 23.0 Å². The zero-order chi connectivity index (χ0) is 17.8. The minimum absolute atomic E-state index is 0.0714. The standard InChI is InChI=1S/C17H14ClF2NO3S/c18-11-2-1-3-12(16(11)25-17(19)20)21-15(22)9-10-4-5-13-14(8-10)24-7-6-23-13/h1-5,8,17H,6-7,9H2,(H,21,22). The Morgan fingerprint density at radius 3 is 2.72 bits per heavy atom. The van der Waals surface area contributed by atoms with Crippen molar-refractivity contribution in [3.63, 3.8) is 0 Å². The van der Waals surface area contributed by atoms with Gasteiger partial charge in [-0.25, -0.2) is 0 Å². The predicted molar refractivity (Wildman–Crippen MR) is 93.1 cm³/mol. The molecule has 0 bridgehead atoms. The van der Waals surface area contributed by atoms with Crippen molar-refractivity contribution in [1.82, 2.24) is 0 Å². The molecule has 1 N–H and O–H groups in total. The average molecular weight is 386 g/mol. The van der Waals surface area contributed by atoms with Crippen LogP contribution < -0.4 is 14.8 Å². The molecule has 1 aliphatic rings. The third-order valence-electron chi connectivity index (χ3n) is 3.42. The van der Waals surface area contributed by atoms with E-state index in [4.69, 9.17) is 21.1 Å². The number of hydrogen-bond donors (Lipinski definition) is 1. The molecule has 0 fully saturated rings. The van der Waals surface area contributed by atoms with Gasteiger partial charge in [-0.2, -0.15) is 8.78 Å². The Balaban J connectivity index is 1.72. The van der Waals surface area contributed by atoms with Crippen LogP contribution in [0.15, 0.2) is 41.3 Å². The number of benzene rings is 2. The second-order valence-corrected chi connectivity index (χ2v) is 6.61. The Bertz CT molecular complexity index is 788. The molecule has 0 unspecified atom stereocenters. The number of rotatable bonds is 5. The average Bonchev–Trinajstić information content (AvgIpc) is 2.57. The van der Waals surface area contributed by atoms with Crippen LogP contribution in [0.3, 0.4) is 0 Å². The summed E-state index contributed by atoms with van der Waals surface area (Å²) in [4.78, 5) is 12.4. The summed E-state index contributed by atoms with van der Waals surface area (Å²) in [7, 11) is 0. The van der Waals surface area contributed by atoms with Gasteiger partial charge < -0.3 is 14.8 Å². The number of alkyl halides is 2. The summed E-state index contributed by atoms with van der Waals surface area (Å²) in [5.41, 5.74) is 0.993. The van der Waals surface area contributed by atoms with Crippen molar-refractivity contribution in [3.05, 3.63) is 47.0 Å². The number of nitrogens with one attached hydrogen (secondary N) is 1. The number of carbonyl (C=O) groups is 1. The fourth-order valence-electron chi connectivity index (χ4n) is 2.39. The van der Waals surface area contributed by atoms with Gasteiger partial charge in [-0.15, -0.1) is 0 Å². The van der Waals surface area contributed by atoms with Crippen molar-refractivity contribution >= 4 is 35.0 Å². The molecule has 1 heterocycles. The molecule has 0 spiro atoms. The normalized spacial score (nSPS) is 13.0. The number of thioether (sulfide) groups is 1. The minimum Gasteiger partial charge on any atom is -0.486 e. The van der Waals surface area contributed by atoms with Crippen molar-refractivity contribution in [2.45, 2.75) is 17.1 Å². The van der Waals surface area contributed by atoms with Gasteiger partial charge >= 0.3 is 0 Å². The molecule has 8 heteroatoms. The summed E-state index contributed by atoms with van der Waals surface area (Å²) >= 11 is 6.26. The van der Waals surface area contributed by atoms with Crippen LogP contribution in [0.2, 0.25) is 5.02 Å². The molecule has 0 aliphatic carbocycles. The van der Waals surface area contributed by atoms with Crippen LogP contribution in [0, 0.1) is 0 Å². The lowest BCUT2D eigenvalue weighted by molar-refractivity contribution is -0.115. The smallest absolute Gasteiger partial charge is 0.289 e. The maximum atomic E-state index is 12.7. The highest BCUT2D eigenvalue weighted by Crippen LogP contribution is 2.37. The van der Waals surface area contributed by atoms with Gasteiger partial charge in [0.1, 0.15) is 13.2 Å². The SMILES string of the molecule is O=C(Cc1ccc2c(c1)OCCO2)Nc1cccc(Cl)c1SC(F)F. The van der Waals surface area contributed by atoms with Crippen LogP contribution in [0.1, 0.15) is 5.56 Å². The second kappa shape index (κ2) is 7.93. The minimum atomic E-state index is -2.63. The molecule has 3 rings (SSSR count). The molecule has 1 amide bonds. The zero-order valence-electron chi connectivity index (χ0n) is 12.9. The third kappa shape index (κ3) is 4.55. The Kier molecular flexibility index (Phi) is 5.65. The molecular weight excluding hydrogens is 372 g/mol. The van der Waals surface area contributed by atoms with Gasteiger partial charge in [0.05, 0.1) is 22.0 Å². The zero-order valence-corrected chi connectivity index (χ0v) is 14.5. The van der Waals surface area contributed by atoms with Crippen LogP contribution in [0.4, 0.5) is 14.5 Å². The van der Waals surface area contributed by atoms with Crippen LogP contribution in [0.5, 0.6) is 11.5 Å². The molecule has 0 atom stereocenters. The number of ether oxygens (including phenoxy) is 2. The number of fused-ring (bicyclic) bond motifs is 1. The van der Waals surface area contributed by atoms with E-state index in [0.717, 1.165) is 5.56 Å². The van der Waals surface area contributed by atoms with Crippen LogP contribution in [0.25, 0.3) is 0 Å². The van der Waals surface area contributed by atoms with Crippen molar-refractivity contribution in [2.75, 3.05) is 18.5 Å². The number of hydrogen-bond acceptors (Lipinski definition) is 4. The summed E-state index contributed by atoms with van der Waals surface area (Å²) in [5.74, 6) is -1.74. The van der Waals surface area contributed by atoms with E-state index in [-0.39, 0.29) is 27.9 Å². The first-order valence-electron chi connectivity index (χ1n) is 7.44. The van der Waals surface area contributed by atoms with Crippen molar-refractivity contribution in [2.24, 2.45) is 0 Å². The first kappa shape index (κ1) is 17.8. The van der Waals surface area contributed by atoms with Gasteiger partial charge in [-0.3, -0.25) is 4.79 Å². The third-order valence-corrected chi connectivity index (χ3v) is 4.70. The summed E-state index contributed by atoms with van der Waals surface area (Å²) < 4.78 is 36.3. The van der Waals surface area contributed by atoms with Crippen LogP contribution in [-0.2, 0) is 11.2 Å². The van der Waals surface area contributed by atoms with E-state index in [0.29, 0.717) is 36.5 Å². The molecule has 0 saturated heterocycles. The Morgan fingerprint density at radius 2 is 1.96 bits per heavy atom. The van der Waals surface area contributed by atoms with Gasteiger partial charge in [-0.1, -0.05) is 35.5 Å². The largest absolute Gasteiger partial charge is 0.486 e. The van der Waals surface area contributed by atoms with Crippen molar-refractivity contribution in [3.8, 4) is 11.5 Å². The Morgan fingerprint density at radius 1 is 1.20 bits per heavy atom. The molecule has 2 aromatic rings. The summed E-state index contributed by atoms with van der Waals surface area (Å²) in [6, 6.07) is 9.88. The van der Waals surface area contributed by atoms with E-state index < -0.39 is 5.76 Å². The summed E-state index contributed by atoms with van der Waals surface area (Å²) in [6.45, 7) is 0.950. The number of amides is 1. The monoisotopic (exact) mass is 385 g/mol. The van der Waals surface area contributed by atoms with E-state index in [2.05, 4.69) is 5.32 Å². The molecule has 4 nitrogen and oxygen atoms in total. The Labute approximate surface area is 152 Å². The van der Waals surface area contributed by atoms with E-state index in [9.17, 15) is 13.6 Å². The second-order valence-electron chi connectivity index (χ2n) is 5.20. The van der Waals surface area contributed by atoms with Gasteiger partial charge in [-0.05, 0) is 29.8 Å². The number of halogens is 3. The highest BCUT2D eigenvalue weighted by Gasteiger charge is 2.17. The maximum Gasteiger partial charge on any atom is 0.289 e. The summed E-state index contributed by atoms with van der Waals surface area (Å²) in [6.07, 6.45) is 0.0714.